The van der Waals surface area contributed by atoms with E-state index in [-0.39, 0.29) is 5.91 Å². The van der Waals surface area contributed by atoms with Crippen molar-refractivity contribution in [1.29, 1.82) is 0 Å². The molecule has 2 nitrogen and oxygen atoms in total. The molecule has 0 bridgehead atoms. The van der Waals surface area contributed by atoms with Gasteiger partial charge in [0, 0.05) is 18.8 Å². The summed E-state index contributed by atoms with van der Waals surface area (Å²) in [5, 5.41) is 2.72. The average Bonchev–Trinajstić information content (AvgIpc) is 1.89. The Morgan fingerprint density at radius 3 is 2.70 bits per heavy atom. The van der Waals surface area contributed by atoms with Gasteiger partial charge in [-0.1, -0.05) is 0 Å². The molecule has 60 valence electrons. The minimum Gasteiger partial charge on any atom is -0.356 e. The van der Waals surface area contributed by atoms with Crippen LogP contribution in [-0.4, -0.2) is 18.3 Å². The number of amides is 1. The quantitative estimate of drug-likeness (QED) is 0.484. The molecular weight excluding hydrogens is 150 g/mol. The van der Waals surface area contributed by atoms with Crippen LogP contribution >= 0.6 is 11.6 Å². The smallest absolute Gasteiger partial charge is 0.219 e. The first-order valence-electron chi connectivity index (χ1n) is 3.64. The minimum absolute atomic E-state index is 0.132. The van der Waals surface area contributed by atoms with Gasteiger partial charge in [-0.15, -0.1) is 11.6 Å². The van der Waals surface area contributed by atoms with Gasteiger partial charge in [0.1, 0.15) is 0 Å². The van der Waals surface area contributed by atoms with E-state index in [0.717, 1.165) is 19.4 Å². The normalized spacial score (nSPS) is 9.40. The molecule has 0 aliphatic carbocycles. The Hall–Kier alpha value is -0.240. The topological polar surface area (TPSA) is 29.1 Å². The molecule has 0 saturated heterocycles. The van der Waals surface area contributed by atoms with E-state index in [9.17, 15) is 4.79 Å². The lowest BCUT2D eigenvalue weighted by Crippen LogP contribution is -2.21. The Kier molecular flexibility index (Phi) is 6.71. The highest BCUT2D eigenvalue weighted by Crippen LogP contribution is 1.96. The van der Waals surface area contributed by atoms with Crippen molar-refractivity contribution in [3.05, 3.63) is 0 Å². The molecule has 0 aromatic carbocycles. The fraction of sp³-hybridized carbons (Fsp3) is 0.857. The molecule has 0 unspecified atom stereocenters. The molecule has 0 aliphatic rings. The van der Waals surface area contributed by atoms with E-state index >= 15 is 0 Å². The van der Waals surface area contributed by atoms with Crippen LogP contribution in [0.3, 0.4) is 0 Å². The van der Waals surface area contributed by atoms with Gasteiger partial charge >= 0.3 is 0 Å². The summed E-state index contributed by atoms with van der Waals surface area (Å²) in [6.07, 6.45) is 2.44. The molecule has 10 heavy (non-hydrogen) atoms. The second kappa shape index (κ2) is 6.87. The summed E-state index contributed by atoms with van der Waals surface area (Å²) in [6, 6.07) is 0. The van der Waals surface area contributed by atoms with Crippen LogP contribution in [0.5, 0.6) is 0 Å². The van der Waals surface area contributed by atoms with Gasteiger partial charge in [0.15, 0.2) is 0 Å². The van der Waals surface area contributed by atoms with E-state index in [1.54, 1.807) is 0 Å². The summed E-state index contributed by atoms with van der Waals surface area (Å²) in [5.41, 5.74) is 0. The molecule has 0 spiro atoms. The van der Waals surface area contributed by atoms with Crippen molar-refractivity contribution < 1.29 is 4.79 Å². The highest BCUT2D eigenvalue weighted by molar-refractivity contribution is 6.17. The Labute approximate surface area is 66.9 Å². The fourth-order valence-corrected chi connectivity index (χ4v) is 0.855. The molecule has 3 heteroatoms. The van der Waals surface area contributed by atoms with Gasteiger partial charge in [-0.2, -0.15) is 0 Å². The molecule has 0 saturated carbocycles. The van der Waals surface area contributed by atoms with Crippen molar-refractivity contribution in [2.45, 2.75) is 26.2 Å². The molecular formula is C7H14ClNO. The third-order valence-corrected chi connectivity index (χ3v) is 1.43. The van der Waals surface area contributed by atoms with Crippen molar-refractivity contribution in [2.24, 2.45) is 0 Å². The second-order valence-electron chi connectivity index (χ2n) is 2.10. The van der Waals surface area contributed by atoms with Gasteiger partial charge in [0.25, 0.3) is 0 Å². The van der Waals surface area contributed by atoms with Crippen LogP contribution in [0.4, 0.5) is 0 Å². The van der Waals surface area contributed by atoms with Gasteiger partial charge < -0.3 is 5.32 Å². The van der Waals surface area contributed by atoms with Crippen molar-refractivity contribution in [3.8, 4) is 0 Å². The molecule has 0 aromatic heterocycles. The van der Waals surface area contributed by atoms with Gasteiger partial charge in [0.05, 0.1) is 0 Å². The van der Waals surface area contributed by atoms with E-state index in [2.05, 4.69) is 5.32 Å². The zero-order valence-corrected chi connectivity index (χ0v) is 7.08. The zero-order chi connectivity index (χ0) is 7.82. The van der Waals surface area contributed by atoms with Crippen LogP contribution in [0.25, 0.3) is 0 Å². The van der Waals surface area contributed by atoms with E-state index in [1.807, 2.05) is 6.92 Å². The maximum absolute atomic E-state index is 10.8. The molecule has 0 fully saturated rings. The average molecular weight is 164 g/mol. The number of hydrogen-bond donors (Lipinski definition) is 1. The number of carbonyl (C=O) groups excluding carboxylic acids is 1. The number of halogens is 1. The minimum atomic E-state index is 0.132. The molecule has 0 radical (unpaired) electrons. The van der Waals surface area contributed by atoms with Crippen molar-refractivity contribution in [1.82, 2.24) is 5.32 Å². The summed E-state index contributed by atoms with van der Waals surface area (Å²) in [7, 11) is 0. The highest BCUT2D eigenvalue weighted by atomic mass is 35.5. The predicted octanol–water partition coefficient (Wildman–Crippen LogP) is 1.53. The standard InChI is InChI=1S/C7H14ClNO/c1-2-9-7(10)5-3-4-6-8/h2-6H2,1H3,(H,9,10). The van der Waals surface area contributed by atoms with Crippen molar-refractivity contribution >= 4 is 17.5 Å². The monoisotopic (exact) mass is 163 g/mol. The summed E-state index contributed by atoms with van der Waals surface area (Å²) in [5.74, 6) is 0.784. The number of hydrogen-bond acceptors (Lipinski definition) is 1. The molecule has 1 amide bonds. The molecule has 0 atom stereocenters. The SMILES string of the molecule is CCNC(=O)CCCCCl. The van der Waals surface area contributed by atoms with Crippen molar-refractivity contribution in [3.63, 3.8) is 0 Å². The lowest BCUT2D eigenvalue weighted by molar-refractivity contribution is -0.121. The van der Waals surface area contributed by atoms with Crippen molar-refractivity contribution in [2.75, 3.05) is 12.4 Å². The Morgan fingerprint density at radius 1 is 1.50 bits per heavy atom. The van der Waals surface area contributed by atoms with E-state index < -0.39 is 0 Å². The summed E-state index contributed by atoms with van der Waals surface area (Å²) < 4.78 is 0. The highest BCUT2D eigenvalue weighted by Gasteiger charge is 1.96. The molecule has 0 rings (SSSR count). The Bertz CT molecular complexity index is 95.6. The summed E-state index contributed by atoms with van der Waals surface area (Å²) in [4.78, 5) is 10.8. The van der Waals surface area contributed by atoms with Gasteiger partial charge in [-0.05, 0) is 19.8 Å². The maximum Gasteiger partial charge on any atom is 0.219 e. The lowest BCUT2D eigenvalue weighted by Gasteiger charge is -1.99. The number of carbonyl (C=O) groups is 1. The first-order chi connectivity index (χ1) is 4.81. The van der Waals surface area contributed by atoms with Crippen LogP contribution in [0.15, 0.2) is 0 Å². The summed E-state index contributed by atoms with van der Waals surface area (Å²) >= 11 is 5.43. The molecule has 0 aromatic rings. The zero-order valence-electron chi connectivity index (χ0n) is 6.32. The summed E-state index contributed by atoms with van der Waals surface area (Å²) in [6.45, 7) is 2.64. The van der Waals surface area contributed by atoms with Gasteiger partial charge in [0.2, 0.25) is 5.91 Å². The molecule has 0 heterocycles. The largest absolute Gasteiger partial charge is 0.356 e. The van der Waals surface area contributed by atoms with E-state index in [0.29, 0.717) is 12.3 Å². The van der Waals surface area contributed by atoms with E-state index in [1.165, 1.54) is 0 Å². The third-order valence-electron chi connectivity index (χ3n) is 1.16. The first kappa shape index (κ1) is 9.76. The number of alkyl halides is 1. The van der Waals surface area contributed by atoms with Crippen LogP contribution in [-0.2, 0) is 4.79 Å². The van der Waals surface area contributed by atoms with Gasteiger partial charge in [-0.25, -0.2) is 0 Å². The number of nitrogens with one attached hydrogen (secondary N) is 1. The first-order valence-corrected chi connectivity index (χ1v) is 4.17. The maximum atomic E-state index is 10.8. The third kappa shape index (κ3) is 5.89. The van der Waals surface area contributed by atoms with Crippen LogP contribution < -0.4 is 5.32 Å². The Morgan fingerprint density at radius 2 is 2.20 bits per heavy atom. The Balaban J connectivity index is 3.05. The fourth-order valence-electron chi connectivity index (χ4n) is 0.666. The predicted molar refractivity (Wildman–Crippen MR) is 43.3 cm³/mol. The number of rotatable bonds is 5. The van der Waals surface area contributed by atoms with Crippen LogP contribution in [0.1, 0.15) is 26.2 Å². The van der Waals surface area contributed by atoms with E-state index in [4.69, 9.17) is 11.6 Å². The van der Waals surface area contributed by atoms with Crippen LogP contribution in [0, 0.1) is 0 Å². The molecule has 0 aliphatic heterocycles. The second-order valence-corrected chi connectivity index (χ2v) is 2.48. The number of unbranched alkanes of at least 4 members (excludes halogenated alkanes) is 1. The van der Waals surface area contributed by atoms with Crippen LogP contribution in [0.2, 0.25) is 0 Å². The lowest BCUT2D eigenvalue weighted by atomic mass is 10.2. The van der Waals surface area contributed by atoms with Gasteiger partial charge in [-0.3, -0.25) is 4.79 Å². The molecule has 1 N–H and O–H groups in total.